The van der Waals surface area contributed by atoms with Gasteiger partial charge in [0, 0.05) is 5.38 Å². The molecule has 0 aliphatic rings. The Morgan fingerprint density at radius 2 is 2.12 bits per heavy atom. The van der Waals surface area contributed by atoms with Crippen LogP contribution in [0.25, 0.3) is 0 Å². The van der Waals surface area contributed by atoms with E-state index in [1.165, 1.54) is 11.3 Å². The van der Waals surface area contributed by atoms with Crippen LogP contribution < -0.4 is 10.2 Å². The van der Waals surface area contributed by atoms with Crippen LogP contribution in [0.1, 0.15) is 31.5 Å². The van der Waals surface area contributed by atoms with Gasteiger partial charge in [-0.2, -0.15) is 5.10 Å². The van der Waals surface area contributed by atoms with Gasteiger partial charge in [0.2, 0.25) is 5.13 Å². The van der Waals surface area contributed by atoms with Gasteiger partial charge < -0.3 is 9.47 Å². The normalized spacial score (nSPS) is 10.8. The Balaban J connectivity index is 1.83. The maximum atomic E-state index is 11.4. The van der Waals surface area contributed by atoms with Crippen LogP contribution in [0.3, 0.4) is 0 Å². The predicted octanol–water partition coefficient (Wildman–Crippen LogP) is 3.48. The highest BCUT2D eigenvalue weighted by Crippen LogP contribution is 2.16. The summed E-state index contributed by atoms with van der Waals surface area (Å²) >= 11 is 1.39. The Kier molecular flexibility index (Phi) is 7.22. The van der Waals surface area contributed by atoms with Gasteiger partial charge >= 0.3 is 5.97 Å². The molecule has 2 aromatic rings. The van der Waals surface area contributed by atoms with Crippen molar-refractivity contribution in [1.29, 1.82) is 0 Å². The van der Waals surface area contributed by atoms with E-state index < -0.39 is 0 Å². The number of ether oxygens (including phenoxy) is 2. The number of esters is 1. The molecule has 128 valence electrons. The van der Waals surface area contributed by atoms with Crippen molar-refractivity contribution in [2.24, 2.45) is 5.10 Å². The third-order valence-corrected chi connectivity index (χ3v) is 3.71. The van der Waals surface area contributed by atoms with Crippen LogP contribution in [-0.4, -0.2) is 30.4 Å². The van der Waals surface area contributed by atoms with E-state index in [1.54, 1.807) is 13.1 Å². The molecule has 0 bridgehead atoms. The molecule has 0 radical (unpaired) electrons. The van der Waals surface area contributed by atoms with E-state index in [4.69, 9.17) is 9.47 Å². The smallest absolute Gasteiger partial charge is 0.311 e. The van der Waals surface area contributed by atoms with E-state index in [-0.39, 0.29) is 12.4 Å². The van der Waals surface area contributed by atoms with Gasteiger partial charge in [0.15, 0.2) is 0 Å². The molecule has 2 rings (SSSR count). The molecule has 1 aromatic carbocycles. The maximum absolute atomic E-state index is 11.4. The predicted molar refractivity (Wildman–Crippen MR) is 95.9 cm³/mol. The number of carbonyl (C=O) groups excluding carboxylic acids is 1. The zero-order chi connectivity index (χ0) is 17.2. The van der Waals surface area contributed by atoms with Gasteiger partial charge in [0.25, 0.3) is 0 Å². The fourth-order valence-corrected chi connectivity index (χ4v) is 2.49. The zero-order valence-corrected chi connectivity index (χ0v) is 14.6. The minimum atomic E-state index is -0.275. The molecule has 6 nitrogen and oxygen atoms in total. The highest BCUT2D eigenvalue weighted by Gasteiger charge is 2.07. The summed E-state index contributed by atoms with van der Waals surface area (Å²) in [6.07, 6.45) is 2.87. The number of hydrogen-bond acceptors (Lipinski definition) is 7. The van der Waals surface area contributed by atoms with Crippen molar-refractivity contribution in [2.45, 2.75) is 26.7 Å². The fourth-order valence-electron chi connectivity index (χ4n) is 1.83. The van der Waals surface area contributed by atoms with Crippen LogP contribution in [0.5, 0.6) is 5.75 Å². The number of hydrazone groups is 1. The Morgan fingerprint density at radius 1 is 1.33 bits per heavy atom. The first-order chi connectivity index (χ1) is 11.7. The second-order valence-corrected chi connectivity index (χ2v) is 5.77. The van der Waals surface area contributed by atoms with E-state index in [1.807, 2.05) is 29.6 Å². The largest absolute Gasteiger partial charge is 0.494 e. The lowest BCUT2D eigenvalue weighted by atomic mass is 10.2. The van der Waals surface area contributed by atoms with Crippen molar-refractivity contribution in [3.8, 4) is 5.75 Å². The number of thiazole rings is 1. The molecule has 0 aliphatic heterocycles. The average Bonchev–Trinajstić information content (AvgIpc) is 3.01. The number of nitrogens with zero attached hydrogens (tertiary/aromatic N) is 2. The second kappa shape index (κ2) is 9.67. The standard InChI is InChI=1S/C17H21N3O3S/c1-3-9-23-15-7-5-13(6-8-15)11-18-20-17-19-14(12-24-17)10-16(21)22-4-2/h5-8,11-12H,3-4,9-10H2,1-2H3,(H,19,20). The van der Waals surface area contributed by atoms with Crippen molar-refractivity contribution in [3.05, 3.63) is 40.9 Å². The molecular weight excluding hydrogens is 326 g/mol. The molecule has 24 heavy (non-hydrogen) atoms. The number of anilines is 1. The maximum Gasteiger partial charge on any atom is 0.311 e. The van der Waals surface area contributed by atoms with Crippen LogP contribution in [-0.2, 0) is 16.0 Å². The van der Waals surface area contributed by atoms with E-state index in [9.17, 15) is 4.79 Å². The van der Waals surface area contributed by atoms with Crippen LogP contribution in [0.15, 0.2) is 34.7 Å². The number of benzene rings is 1. The molecule has 0 amide bonds. The number of nitrogens with one attached hydrogen (secondary N) is 1. The monoisotopic (exact) mass is 347 g/mol. The number of aromatic nitrogens is 1. The number of rotatable bonds is 9. The van der Waals surface area contributed by atoms with Crippen molar-refractivity contribution in [1.82, 2.24) is 4.98 Å². The summed E-state index contributed by atoms with van der Waals surface area (Å²) in [5.41, 5.74) is 4.49. The SMILES string of the molecule is CCCOc1ccc(C=NNc2nc(CC(=O)OCC)cs2)cc1. The third kappa shape index (κ3) is 6.00. The summed E-state index contributed by atoms with van der Waals surface area (Å²) in [6, 6.07) is 7.70. The number of carbonyl (C=O) groups is 1. The molecule has 0 unspecified atom stereocenters. The minimum absolute atomic E-state index is 0.176. The van der Waals surface area contributed by atoms with Gasteiger partial charge in [-0.25, -0.2) is 4.98 Å². The van der Waals surface area contributed by atoms with E-state index >= 15 is 0 Å². The summed E-state index contributed by atoms with van der Waals surface area (Å²) in [5, 5.41) is 6.60. The van der Waals surface area contributed by atoms with Gasteiger partial charge in [-0.1, -0.05) is 6.92 Å². The molecule has 0 saturated heterocycles. The number of hydrogen-bond donors (Lipinski definition) is 1. The minimum Gasteiger partial charge on any atom is -0.494 e. The molecule has 7 heteroatoms. The molecule has 1 N–H and O–H groups in total. The summed E-state index contributed by atoms with van der Waals surface area (Å²) in [7, 11) is 0. The van der Waals surface area contributed by atoms with E-state index in [2.05, 4.69) is 22.4 Å². The molecule has 1 aromatic heterocycles. The second-order valence-electron chi connectivity index (χ2n) is 4.91. The van der Waals surface area contributed by atoms with Gasteiger partial charge in [0.1, 0.15) is 5.75 Å². The van der Waals surface area contributed by atoms with E-state index in [0.717, 1.165) is 17.7 Å². The summed E-state index contributed by atoms with van der Waals surface area (Å²) in [6.45, 7) is 4.94. The highest BCUT2D eigenvalue weighted by molar-refractivity contribution is 7.13. The van der Waals surface area contributed by atoms with Crippen molar-refractivity contribution >= 4 is 28.7 Å². The van der Waals surface area contributed by atoms with E-state index in [0.29, 0.717) is 24.0 Å². The lowest BCUT2D eigenvalue weighted by Crippen LogP contribution is -2.07. The molecular formula is C17H21N3O3S. The Hall–Kier alpha value is -2.41. The lowest BCUT2D eigenvalue weighted by molar-refractivity contribution is -0.142. The molecule has 0 fully saturated rings. The first-order valence-electron chi connectivity index (χ1n) is 7.83. The summed E-state index contributed by atoms with van der Waals surface area (Å²) in [5.74, 6) is 0.578. The molecule has 0 spiro atoms. The highest BCUT2D eigenvalue weighted by atomic mass is 32.1. The summed E-state index contributed by atoms with van der Waals surface area (Å²) < 4.78 is 10.4. The zero-order valence-electron chi connectivity index (χ0n) is 13.8. The van der Waals surface area contributed by atoms with Gasteiger partial charge in [-0.05, 0) is 43.2 Å². The third-order valence-electron chi connectivity index (χ3n) is 2.91. The average molecular weight is 347 g/mol. The van der Waals surface area contributed by atoms with Crippen LogP contribution in [0, 0.1) is 0 Å². The summed E-state index contributed by atoms with van der Waals surface area (Å²) in [4.78, 5) is 15.7. The first-order valence-corrected chi connectivity index (χ1v) is 8.71. The van der Waals surface area contributed by atoms with Crippen LogP contribution in [0.4, 0.5) is 5.13 Å². The molecule has 1 heterocycles. The molecule has 0 atom stereocenters. The lowest BCUT2D eigenvalue weighted by Gasteiger charge is -2.03. The van der Waals surface area contributed by atoms with Crippen LogP contribution in [0.2, 0.25) is 0 Å². The quantitative estimate of drug-likeness (QED) is 0.427. The van der Waals surface area contributed by atoms with Gasteiger partial charge in [0.05, 0.1) is 31.5 Å². The molecule has 0 saturated carbocycles. The van der Waals surface area contributed by atoms with Gasteiger partial charge in [-0.15, -0.1) is 11.3 Å². The Labute approximate surface area is 145 Å². The first kappa shape index (κ1) is 17.9. The fraction of sp³-hybridized carbons (Fsp3) is 0.353. The Bertz CT molecular complexity index is 668. The van der Waals surface area contributed by atoms with Gasteiger partial charge in [-0.3, -0.25) is 10.2 Å². The Morgan fingerprint density at radius 3 is 2.83 bits per heavy atom. The topological polar surface area (TPSA) is 72.8 Å². The van der Waals surface area contributed by atoms with Crippen molar-refractivity contribution < 1.29 is 14.3 Å². The van der Waals surface area contributed by atoms with Crippen molar-refractivity contribution in [3.63, 3.8) is 0 Å². The molecule has 0 aliphatic carbocycles. The van der Waals surface area contributed by atoms with Crippen LogP contribution >= 0.6 is 11.3 Å². The van der Waals surface area contributed by atoms with Crippen molar-refractivity contribution in [2.75, 3.05) is 18.6 Å².